The Hall–Kier alpha value is -0.910. The van der Waals surface area contributed by atoms with Crippen molar-refractivity contribution in [3.8, 4) is 10.6 Å². The number of thioether (sulfide) groups is 1. The van der Waals surface area contributed by atoms with E-state index in [4.69, 9.17) is 0 Å². The van der Waals surface area contributed by atoms with Gasteiger partial charge in [-0.2, -0.15) is 0 Å². The van der Waals surface area contributed by atoms with Gasteiger partial charge in [-0.25, -0.2) is 0 Å². The molecule has 16 heavy (non-hydrogen) atoms. The first-order valence-electron chi connectivity index (χ1n) is 4.95. The summed E-state index contributed by atoms with van der Waals surface area (Å²) in [5.74, 6) is 0. The highest BCUT2D eigenvalue weighted by atomic mass is 32.2. The number of nitrogens with zero attached hydrogens (tertiary/aromatic N) is 2. The van der Waals surface area contributed by atoms with Crippen LogP contribution in [0.4, 0.5) is 0 Å². The quantitative estimate of drug-likeness (QED) is 0.848. The van der Waals surface area contributed by atoms with E-state index in [1.807, 2.05) is 19.2 Å². The van der Waals surface area contributed by atoms with Crippen LogP contribution < -0.4 is 5.32 Å². The fourth-order valence-electron chi connectivity index (χ4n) is 1.41. The molecule has 1 aromatic carbocycles. The molecule has 1 aromatic heterocycles. The van der Waals surface area contributed by atoms with Crippen LogP contribution in [0.2, 0.25) is 0 Å². The van der Waals surface area contributed by atoms with Gasteiger partial charge in [0.25, 0.3) is 0 Å². The summed E-state index contributed by atoms with van der Waals surface area (Å²) < 4.78 is 0. The number of nitrogens with one attached hydrogen (secondary N) is 1. The maximum atomic E-state index is 4.23. The third-order valence-corrected chi connectivity index (χ3v) is 3.88. The Morgan fingerprint density at radius 3 is 2.88 bits per heavy atom. The van der Waals surface area contributed by atoms with Crippen LogP contribution in [-0.2, 0) is 6.54 Å². The van der Waals surface area contributed by atoms with Gasteiger partial charge in [0.05, 0.1) is 0 Å². The van der Waals surface area contributed by atoms with E-state index in [0.29, 0.717) is 0 Å². The van der Waals surface area contributed by atoms with Crippen LogP contribution in [0.1, 0.15) is 5.01 Å². The molecule has 0 aliphatic rings. The van der Waals surface area contributed by atoms with E-state index in [2.05, 4.69) is 33.9 Å². The van der Waals surface area contributed by atoms with Crippen molar-refractivity contribution >= 4 is 23.1 Å². The van der Waals surface area contributed by atoms with Crippen LogP contribution in [0.25, 0.3) is 10.6 Å². The number of hydrogen-bond acceptors (Lipinski definition) is 5. The van der Waals surface area contributed by atoms with Gasteiger partial charge in [-0.3, -0.25) is 0 Å². The van der Waals surface area contributed by atoms with Crippen LogP contribution in [0.15, 0.2) is 29.2 Å². The summed E-state index contributed by atoms with van der Waals surface area (Å²) in [5.41, 5.74) is 1.18. The average Bonchev–Trinajstić information content (AvgIpc) is 2.78. The van der Waals surface area contributed by atoms with E-state index < -0.39 is 0 Å². The van der Waals surface area contributed by atoms with Crippen molar-refractivity contribution in [2.75, 3.05) is 13.3 Å². The molecule has 5 heteroatoms. The summed E-state index contributed by atoms with van der Waals surface area (Å²) in [6, 6.07) is 8.29. The standard InChI is InChI=1S/C11H13N3S2/c1-12-7-10-13-14-11(16-10)8-5-3-4-6-9(8)15-2/h3-6,12H,7H2,1-2H3. The molecule has 0 fully saturated rings. The first kappa shape index (κ1) is 11.6. The summed E-state index contributed by atoms with van der Waals surface area (Å²) in [6.07, 6.45) is 2.08. The first-order chi connectivity index (χ1) is 7.85. The molecule has 1 N–H and O–H groups in total. The van der Waals surface area contributed by atoms with Gasteiger partial charge in [0.1, 0.15) is 10.0 Å². The predicted molar refractivity (Wildman–Crippen MR) is 69.9 cm³/mol. The molecule has 3 nitrogen and oxygen atoms in total. The van der Waals surface area contributed by atoms with E-state index in [9.17, 15) is 0 Å². The molecule has 0 saturated carbocycles. The third-order valence-electron chi connectivity index (χ3n) is 2.13. The van der Waals surface area contributed by atoms with Crippen molar-refractivity contribution in [1.29, 1.82) is 0 Å². The predicted octanol–water partition coefficient (Wildman–Crippen LogP) is 2.65. The van der Waals surface area contributed by atoms with Gasteiger partial charge in [-0.15, -0.1) is 22.0 Å². The molecule has 1 heterocycles. The lowest BCUT2D eigenvalue weighted by Crippen LogP contribution is -2.04. The molecule has 0 aliphatic carbocycles. The summed E-state index contributed by atoms with van der Waals surface area (Å²) >= 11 is 3.38. The Labute approximate surface area is 103 Å². The zero-order chi connectivity index (χ0) is 11.4. The van der Waals surface area contributed by atoms with E-state index in [0.717, 1.165) is 16.6 Å². The molecular formula is C11H13N3S2. The minimum Gasteiger partial charge on any atom is -0.313 e. The van der Waals surface area contributed by atoms with Gasteiger partial charge < -0.3 is 5.32 Å². The monoisotopic (exact) mass is 251 g/mol. The van der Waals surface area contributed by atoms with Crippen molar-refractivity contribution in [2.45, 2.75) is 11.4 Å². The van der Waals surface area contributed by atoms with E-state index in [1.165, 1.54) is 10.5 Å². The van der Waals surface area contributed by atoms with E-state index >= 15 is 0 Å². The minimum absolute atomic E-state index is 0.777. The Balaban J connectivity index is 2.34. The lowest BCUT2D eigenvalue weighted by molar-refractivity contribution is 0.794. The van der Waals surface area contributed by atoms with Crippen LogP contribution in [-0.4, -0.2) is 23.5 Å². The molecule has 0 amide bonds. The fourth-order valence-corrected chi connectivity index (χ4v) is 2.96. The maximum Gasteiger partial charge on any atom is 0.148 e. The zero-order valence-electron chi connectivity index (χ0n) is 9.23. The van der Waals surface area contributed by atoms with Crippen molar-refractivity contribution in [3.05, 3.63) is 29.3 Å². The summed E-state index contributed by atoms with van der Waals surface area (Å²) in [7, 11) is 1.91. The highest BCUT2D eigenvalue weighted by Crippen LogP contribution is 2.31. The van der Waals surface area contributed by atoms with Gasteiger partial charge in [0.2, 0.25) is 0 Å². The molecule has 0 unspecified atom stereocenters. The van der Waals surface area contributed by atoms with Crippen LogP contribution in [0.5, 0.6) is 0 Å². The Kier molecular flexibility index (Phi) is 3.93. The first-order valence-corrected chi connectivity index (χ1v) is 6.99. The Bertz CT molecular complexity index is 468. The second-order valence-corrected chi connectivity index (χ2v) is 5.14. The van der Waals surface area contributed by atoms with Gasteiger partial charge in [-0.05, 0) is 19.4 Å². The molecule has 2 rings (SSSR count). The SMILES string of the molecule is CNCc1nnc(-c2ccccc2SC)s1. The van der Waals surface area contributed by atoms with Crippen molar-refractivity contribution in [1.82, 2.24) is 15.5 Å². The molecule has 0 aliphatic heterocycles. The maximum absolute atomic E-state index is 4.23. The largest absolute Gasteiger partial charge is 0.313 e. The van der Waals surface area contributed by atoms with Crippen molar-refractivity contribution in [2.24, 2.45) is 0 Å². The van der Waals surface area contributed by atoms with Gasteiger partial charge in [0, 0.05) is 17.0 Å². The van der Waals surface area contributed by atoms with E-state index in [-0.39, 0.29) is 0 Å². The number of benzene rings is 1. The normalized spacial score (nSPS) is 10.6. The second kappa shape index (κ2) is 5.43. The van der Waals surface area contributed by atoms with Gasteiger partial charge >= 0.3 is 0 Å². The van der Waals surface area contributed by atoms with Crippen LogP contribution in [0, 0.1) is 0 Å². The highest BCUT2D eigenvalue weighted by Gasteiger charge is 2.09. The lowest BCUT2D eigenvalue weighted by Gasteiger charge is -2.01. The number of hydrogen-bond donors (Lipinski definition) is 1. The van der Waals surface area contributed by atoms with Crippen LogP contribution >= 0.6 is 23.1 Å². The van der Waals surface area contributed by atoms with Gasteiger partial charge in [-0.1, -0.05) is 29.5 Å². The smallest absolute Gasteiger partial charge is 0.148 e. The summed E-state index contributed by atoms with van der Waals surface area (Å²) in [6.45, 7) is 0.777. The molecule has 84 valence electrons. The third kappa shape index (κ3) is 2.42. The topological polar surface area (TPSA) is 37.8 Å². The summed E-state index contributed by atoms with van der Waals surface area (Å²) in [4.78, 5) is 1.25. The average molecular weight is 251 g/mol. The highest BCUT2D eigenvalue weighted by molar-refractivity contribution is 7.98. The lowest BCUT2D eigenvalue weighted by atomic mass is 10.2. The van der Waals surface area contributed by atoms with Gasteiger partial charge in [0.15, 0.2) is 0 Å². The fraction of sp³-hybridized carbons (Fsp3) is 0.273. The van der Waals surface area contributed by atoms with Crippen molar-refractivity contribution < 1.29 is 0 Å². The Morgan fingerprint density at radius 1 is 1.31 bits per heavy atom. The Morgan fingerprint density at radius 2 is 2.12 bits per heavy atom. The molecule has 0 radical (unpaired) electrons. The minimum atomic E-state index is 0.777. The van der Waals surface area contributed by atoms with Crippen molar-refractivity contribution in [3.63, 3.8) is 0 Å². The molecule has 2 aromatic rings. The molecule has 0 atom stereocenters. The molecular weight excluding hydrogens is 238 g/mol. The second-order valence-electron chi connectivity index (χ2n) is 3.23. The van der Waals surface area contributed by atoms with Crippen LogP contribution in [0.3, 0.4) is 0 Å². The van der Waals surface area contributed by atoms with E-state index in [1.54, 1.807) is 23.1 Å². The number of rotatable bonds is 4. The number of aromatic nitrogens is 2. The molecule has 0 bridgehead atoms. The molecule has 0 spiro atoms. The summed E-state index contributed by atoms with van der Waals surface area (Å²) in [5, 5.41) is 13.5. The zero-order valence-corrected chi connectivity index (χ0v) is 10.9. The molecule has 0 saturated heterocycles.